The fraction of sp³-hybridized carbons (Fsp3) is 1.00. The zero-order chi connectivity index (χ0) is 12.8. The number of hydrogen-bond acceptors (Lipinski definition) is 2. The predicted octanol–water partition coefficient (Wildman–Crippen LogP) is 3.28. The minimum Gasteiger partial charge on any atom is -0.319 e. The van der Waals surface area contributed by atoms with Crippen molar-refractivity contribution in [3.63, 3.8) is 0 Å². The first kappa shape index (κ1) is 14.3. The average Bonchev–Trinajstić information content (AvgIpc) is 2.56. The van der Waals surface area contributed by atoms with Gasteiger partial charge in [0.15, 0.2) is 0 Å². The van der Waals surface area contributed by atoms with Crippen molar-refractivity contribution in [3.8, 4) is 0 Å². The lowest BCUT2D eigenvalue weighted by atomic mass is 9.73. The van der Waals surface area contributed by atoms with Crippen LogP contribution in [0.1, 0.15) is 58.3 Å². The standard InChI is InChI=1S/C16H32N2/c1-15-7-6-11-18(12-8-15)14-16(13-17-2)9-4-3-5-10-16/h15,17H,3-14H2,1-2H3. The summed E-state index contributed by atoms with van der Waals surface area (Å²) in [5, 5.41) is 3.47. The smallest absolute Gasteiger partial charge is 0.00501 e. The normalized spacial score (nSPS) is 30.0. The van der Waals surface area contributed by atoms with Gasteiger partial charge in [0.2, 0.25) is 0 Å². The Kier molecular flexibility index (Phi) is 5.50. The topological polar surface area (TPSA) is 15.3 Å². The van der Waals surface area contributed by atoms with E-state index >= 15 is 0 Å². The first-order valence-electron chi connectivity index (χ1n) is 8.11. The molecule has 18 heavy (non-hydrogen) atoms. The van der Waals surface area contributed by atoms with E-state index in [1.807, 2.05) is 0 Å². The average molecular weight is 252 g/mol. The molecule has 0 bridgehead atoms. The Labute approximate surface area is 114 Å². The van der Waals surface area contributed by atoms with Gasteiger partial charge in [0.1, 0.15) is 0 Å². The molecule has 106 valence electrons. The Bertz CT molecular complexity index is 228. The SMILES string of the molecule is CNCC1(CN2CCCC(C)CC2)CCCCC1. The van der Waals surface area contributed by atoms with Crippen molar-refractivity contribution in [1.29, 1.82) is 0 Å². The molecule has 1 saturated heterocycles. The summed E-state index contributed by atoms with van der Waals surface area (Å²) in [4.78, 5) is 2.77. The zero-order valence-electron chi connectivity index (χ0n) is 12.5. The monoisotopic (exact) mass is 252 g/mol. The molecule has 1 aliphatic heterocycles. The Balaban J connectivity index is 1.90. The van der Waals surface area contributed by atoms with Crippen molar-refractivity contribution < 1.29 is 0 Å². The lowest BCUT2D eigenvalue weighted by Gasteiger charge is -2.41. The van der Waals surface area contributed by atoms with E-state index in [4.69, 9.17) is 0 Å². The Hall–Kier alpha value is -0.0800. The van der Waals surface area contributed by atoms with Crippen LogP contribution in [-0.4, -0.2) is 38.1 Å². The van der Waals surface area contributed by atoms with E-state index in [-0.39, 0.29) is 0 Å². The maximum atomic E-state index is 3.47. The molecule has 1 heterocycles. The largest absolute Gasteiger partial charge is 0.319 e. The third-order valence-electron chi connectivity index (χ3n) is 5.13. The highest BCUT2D eigenvalue weighted by Gasteiger charge is 2.33. The Morgan fingerprint density at radius 3 is 2.56 bits per heavy atom. The van der Waals surface area contributed by atoms with Crippen molar-refractivity contribution in [1.82, 2.24) is 10.2 Å². The lowest BCUT2D eigenvalue weighted by Crippen LogP contribution is -2.45. The molecule has 1 saturated carbocycles. The van der Waals surface area contributed by atoms with Crippen LogP contribution in [0.3, 0.4) is 0 Å². The van der Waals surface area contributed by atoms with Gasteiger partial charge >= 0.3 is 0 Å². The van der Waals surface area contributed by atoms with Crippen molar-refractivity contribution >= 4 is 0 Å². The molecule has 2 nitrogen and oxygen atoms in total. The van der Waals surface area contributed by atoms with Gasteiger partial charge < -0.3 is 10.2 Å². The molecule has 0 radical (unpaired) electrons. The van der Waals surface area contributed by atoms with Gasteiger partial charge in [-0.3, -0.25) is 0 Å². The number of nitrogens with one attached hydrogen (secondary N) is 1. The van der Waals surface area contributed by atoms with E-state index < -0.39 is 0 Å². The number of nitrogens with zero attached hydrogens (tertiary/aromatic N) is 1. The van der Waals surface area contributed by atoms with Gasteiger partial charge in [0.05, 0.1) is 0 Å². The van der Waals surface area contributed by atoms with Crippen molar-refractivity contribution in [3.05, 3.63) is 0 Å². The van der Waals surface area contributed by atoms with E-state index in [1.54, 1.807) is 0 Å². The molecule has 1 N–H and O–H groups in total. The second kappa shape index (κ2) is 6.91. The quantitative estimate of drug-likeness (QED) is 0.826. The van der Waals surface area contributed by atoms with Crippen LogP contribution in [-0.2, 0) is 0 Å². The van der Waals surface area contributed by atoms with E-state index in [1.165, 1.54) is 77.5 Å². The van der Waals surface area contributed by atoms with Gasteiger partial charge in [-0.2, -0.15) is 0 Å². The molecular formula is C16H32N2. The van der Waals surface area contributed by atoms with Crippen LogP contribution in [0.15, 0.2) is 0 Å². The van der Waals surface area contributed by atoms with Crippen LogP contribution in [0.2, 0.25) is 0 Å². The maximum absolute atomic E-state index is 3.47. The summed E-state index contributed by atoms with van der Waals surface area (Å²) in [7, 11) is 2.13. The zero-order valence-corrected chi connectivity index (χ0v) is 12.5. The van der Waals surface area contributed by atoms with Gasteiger partial charge in [-0.1, -0.05) is 26.2 Å². The molecule has 1 atom stereocenters. The number of rotatable bonds is 4. The summed E-state index contributed by atoms with van der Waals surface area (Å²) in [5.41, 5.74) is 0.584. The van der Waals surface area contributed by atoms with Gasteiger partial charge in [0, 0.05) is 13.1 Å². The lowest BCUT2D eigenvalue weighted by molar-refractivity contribution is 0.106. The summed E-state index contributed by atoms with van der Waals surface area (Å²) in [6.45, 7) is 7.68. The summed E-state index contributed by atoms with van der Waals surface area (Å²) in [6.07, 6.45) is 11.5. The van der Waals surface area contributed by atoms with Crippen LogP contribution < -0.4 is 5.32 Å². The van der Waals surface area contributed by atoms with Crippen molar-refractivity contribution in [2.75, 3.05) is 33.2 Å². The molecule has 1 aliphatic carbocycles. The summed E-state index contributed by atoms with van der Waals surface area (Å²) in [6, 6.07) is 0. The van der Waals surface area contributed by atoms with E-state index in [0.717, 1.165) is 5.92 Å². The second-order valence-electron chi connectivity index (χ2n) is 6.90. The Morgan fingerprint density at radius 2 is 1.83 bits per heavy atom. The highest BCUT2D eigenvalue weighted by atomic mass is 15.1. The molecule has 0 spiro atoms. The van der Waals surface area contributed by atoms with Crippen LogP contribution in [0.5, 0.6) is 0 Å². The highest BCUT2D eigenvalue weighted by molar-refractivity contribution is 4.88. The van der Waals surface area contributed by atoms with Crippen LogP contribution in [0.4, 0.5) is 0 Å². The van der Waals surface area contributed by atoms with Crippen LogP contribution >= 0.6 is 0 Å². The minimum atomic E-state index is 0.584. The molecule has 0 amide bonds. The number of likely N-dealkylation sites (tertiary alicyclic amines) is 1. The third kappa shape index (κ3) is 3.96. The van der Waals surface area contributed by atoms with Gasteiger partial charge in [-0.15, -0.1) is 0 Å². The molecule has 2 aliphatic rings. The summed E-state index contributed by atoms with van der Waals surface area (Å²) < 4.78 is 0. The van der Waals surface area contributed by atoms with Crippen molar-refractivity contribution in [2.24, 2.45) is 11.3 Å². The molecule has 0 aromatic heterocycles. The minimum absolute atomic E-state index is 0.584. The van der Waals surface area contributed by atoms with E-state index in [2.05, 4.69) is 24.2 Å². The van der Waals surface area contributed by atoms with Crippen LogP contribution in [0, 0.1) is 11.3 Å². The molecular weight excluding hydrogens is 220 g/mol. The number of hydrogen-bond donors (Lipinski definition) is 1. The fourth-order valence-corrected chi connectivity index (χ4v) is 4.02. The first-order valence-corrected chi connectivity index (χ1v) is 8.11. The third-order valence-corrected chi connectivity index (χ3v) is 5.13. The van der Waals surface area contributed by atoms with E-state index in [9.17, 15) is 0 Å². The summed E-state index contributed by atoms with van der Waals surface area (Å²) in [5.74, 6) is 0.946. The maximum Gasteiger partial charge on any atom is 0.00501 e. The second-order valence-corrected chi connectivity index (χ2v) is 6.90. The highest BCUT2D eigenvalue weighted by Crippen LogP contribution is 2.37. The molecule has 0 aromatic rings. The molecule has 2 fully saturated rings. The van der Waals surface area contributed by atoms with Gasteiger partial charge in [0.25, 0.3) is 0 Å². The first-order chi connectivity index (χ1) is 8.74. The summed E-state index contributed by atoms with van der Waals surface area (Å²) >= 11 is 0. The molecule has 0 aromatic carbocycles. The predicted molar refractivity (Wildman–Crippen MR) is 78.9 cm³/mol. The van der Waals surface area contributed by atoms with Gasteiger partial charge in [-0.05, 0) is 63.6 Å². The molecule has 2 rings (SSSR count). The van der Waals surface area contributed by atoms with Gasteiger partial charge in [-0.25, -0.2) is 0 Å². The molecule has 2 heteroatoms. The Morgan fingerprint density at radius 1 is 1.06 bits per heavy atom. The fourth-order valence-electron chi connectivity index (χ4n) is 4.02. The van der Waals surface area contributed by atoms with E-state index in [0.29, 0.717) is 5.41 Å². The van der Waals surface area contributed by atoms with Crippen molar-refractivity contribution in [2.45, 2.75) is 58.3 Å². The molecule has 1 unspecified atom stereocenters. The van der Waals surface area contributed by atoms with Crippen LogP contribution in [0.25, 0.3) is 0 Å².